The van der Waals surface area contributed by atoms with E-state index in [0.29, 0.717) is 12.6 Å². The van der Waals surface area contributed by atoms with Crippen molar-refractivity contribution in [1.82, 2.24) is 25.0 Å². The van der Waals surface area contributed by atoms with Gasteiger partial charge in [-0.3, -0.25) is 9.67 Å². The van der Waals surface area contributed by atoms with Crippen molar-refractivity contribution in [2.24, 2.45) is 4.99 Å². The molecule has 1 fully saturated rings. The van der Waals surface area contributed by atoms with Gasteiger partial charge in [-0.25, -0.2) is 0 Å². The molecule has 24 heavy (non-hydrogen) atoms. The first-order valence-corrected chi connectivity index (χ1v) is 8.44. The largest absolute Gasteiger partial charge is 0.355 e. The van der Waals surface area contributed by atoms with Gasteiger partial charge in [-0.2, -0.15) is 5.10 Å². The van der Waals surface area contributed by atoms with Gasteiger partial charge in [0.05, 0.1) is 18.3 Å². The summed E-state index contributed by atoms with van der Waals surface area (Å²) >= 11 is 0. The van der Waals surface area contributed by atoms with E-state index < -0.39 is 0 Å². The number of nitrogens with one attached hydrogen (secondary N) is 2. The Morgan fingerprint density at radius 1 is 1.21 bits per heavy atom. The van der Waals surface area contributed by atoms with Crippen LogP contribution in [-0.4, -0.2) is 33.9 Å². The fraction of sp³-hybridized carbons (Fsp3) is 0.529. The molecule has 2 aromatic heterocycles. The van der Waals surface area contributed by atoms with Crippen LogP contribution in [-0.2, 0) is 13.1 Å². The van der Waals surface area contributed by atoms with Crippen LogP contribution in [0.15, 0.2) is 41.8 Å². The molecule has 6 nitrogen and oxygen atoms in total. The third kappa shape index (κ3) is 5.25. The minimum Gasteiger partial charge on any atom is -0.355 e. The smallest absolute Gasteiger partial charge is 0.191 e. The first kappa shape index (κ1) is 18.8. The molecule has 1 saturated carbocycles. The molecular formula is C17H27IN6. The normalized spacial score (nSPS) is 15.3. The Labute approximate surface area is 160 Å². The van der Waals surface area contributed by atoms with E-state index in [9.17, 15) is 0 Å². The lowest BCUT2D eigenvalue weighted by Crippen LogP contribution is -2.38. The highest BCUT2D eigenvalue weighted by Gasteiger charge is 2.17. The van der Waals surface area contributed by atoms with Gasteiger partial charge in [-0.05, 0) is 31.0 Å². The number of aromatic nitrogens is 3. The third-order valence-electron chi connectivity index (χ3n) is 4.35. The van der Waals surface area contributed by atoms with E-state index in [1.807, 2.05) is 12.1 Å². The summed E-state index contributed by atoms with van der Waals surface area (Å²) in [6.07, 6.45) is 11.4. The lowest BCUT2D eigenvalue weighted by Gasteiger charge is -2.12. The van der Waals surface area contributed by atoms with Gasteiger partial charge in [0.2, 0.25) is 0 Å². The molecule has 1 aliphatic rings. The molecule has 2 heterocycles. The summed E-state index contributed by atoms with van der Waals surface area (Å²) in [4.78, 5) is 4.26. The summed E-state index contributed by atoms with van der Waals surface area (Å²) in [5.41, 5.74) is 1.06. The second kappa shape index (κ2) is 9.71. The van der Waals surface area contributed by atoms with E-state index in [1.54, 1.807) is 7.05 Å². The molecular weight excluding hydrogens is 415 g/mol. The summed E-state index contributed by atoms with van der Waals surface area (Å²) in [5, 5.41) is 11.3. The molecule has 0 amide bonds. The van der Waals surface area contributed by atoms with E-state index in [-0.39, 0.29) is 24.0 Å². The van der Waals surface area contributed by atoms with Crippen molar-refractivity contribution in [2.45, 2.75) is 44.8 Å². The lowest BCUT2D eigenvalue weighted by molar-refractivity contribution is 0.462. The maximum atomic E-state index is 4.69. The van der Waals surface area contributed by atoms with Crippen molar-refractivity contribution in [1.29, 1.82) is 0 Å². The van der Waals surface area contributed by atoms with Crippen LogP contribution in [0.3, 0.4) is 0 Å². The fourth-order valence-electron chi connectivity index (χ4n) is 3.06. The molecule has 0 radical (unpaired) electrons. The molecule has 2 aromatic rings. The van der Waals surface area contributed by atoms with Crippen LogP contribution in [0, 0.1) is 0 Å². The standard InChI is InChI=1S/C17H26N6.HI/c1-18-17(19-9-13-22-10-4-5-11-22)20-14-15-8-12-23(21-15)16-6-2-3-7-16;/h4-5,8,10-12,16H,2-3,6-7,9,13-14H2,1H3,(H2,18,19,20);1H. The van der Waals surface area contributed by atoms with Crippen molar-refractivity contribution in [3.05, 3.63) is 42.5 Å². The molecule has 3 rings (SSSR count). The molecule has 0 aliphatic heterocycles. The minimum atomic E-state index is 0. The van der Waals surface area contributed by atoms with E-state index in [1.165, 1.54) is 25.7 Å². The Morgan fingerprint density at radius 2 is 1.96 bits per heavy atom. The highest BCUT2D eigenvalue weighted by Crippen LogP contribution is 2.28. The Bertz CT molecular complexity index is 613. The van der Waals surface area contributed by atoms with E-state index in [2.05, 4.69) is 54.6 Å². The zero-order chi connectivity index (χ0) is 15.9. The van der Waals surface area contributed by atoms with Gasteiger partial charge in [0.15, 0.2) is 5.96 Å². The van der Waals surface area contributed by atoms with Crippen LogP contribution in [0.25, 0.3) is 0 Å². The predicted octanol–water partition coefficient (Wildman–Crippen LogP) is 2.78. The van der Waals surface area contributed by atoms with Crippen molar-refractivity contribution in [2.75, 3.05) is 13.6 Å². The van der Waals surface area contributed by atoms with Gasteiger partial charge in [0.1, 0.15) is 0 Å². The van der Waals surface area contributed by atoms with E-state index in [4.69, 9.17) is 0 Å². The molecule has 0 atom stereocenters. The molecule has 2 N–H and O–H groups in total. The second-order valence-electron chi connectivity index (χ2n) is 6.00. The van der Waals surface area contributed by atoms with Crippen LogP contribution in [0.5, 0.6) is 0 Å². The fourth-order valence-corrected chi connectivity index (χ4v) is 3.06. The van der Waals surface area contributed by atoms with Gasteiger partial charge < -0.3 is 15.2 Å². The van der Waals surface area contributed by atoms with Crippen LogP contribution in [0.2, 0.25) is 0 Å². The molecule has 1 aliphatic carbocycles. The number of rotatable bonds is 6. The summed E-state index contributed by atoms with van der Waals surface area (Å²) in [6.45, 7) is 2.46. The quantitative estimate of drug-likeness (QED) is 0.411. The summed E-state index contributed by atoms with van der Waals surface area (Å²) < 4.78 is 4.27. The SMILES string of the molecule is CN=C(NCCn1cccc1)NCc1ccn(C2CCCC2)n1.I. The van der Waals surface area contributed by atoms with Gasteiger partial charge in [0.25, 0.3) is 0 Å². The van der Waals surface area contributed by atoms with Crippen LogP contribution < -0.4 is 10.6 Å². The Hall–Kier alpha value is -1.51. The van der Waals surface area contributed by atoms with Gasteiger partial charge in [0, 0.05) is 38.7 Å². The average Bonchev–Trinajstić information content (AvgIpc) is 3.32. The van der Waals surface area contributed by atoms with Crippen molar-refractivity contribution in [3.63, 3.8) is 0 Å². The Balaban J connectivity index is 0.00000208. The van der Waals surface area contributed by atoms with E-state index >= 15 is 0 Å². The summed E-state index contributed by atoms with van der Waals surface area (Å²) in [6, 6.07) is 6.77. The van der Waals surface area contributed by atoms with Crippen LogP contribution >= 0.6 is 24.0 Å². The number of halogens is 1. The minimum absolute atomic E-state index is 0. The maximum absolute atomic E-state index is 4.69. The molecule has 0 unspecified atom stereocenters. The number of guanidine groups is 1. The van der Waals surface area contributed by atoms with Crippen molar-refractivity contribution >= 4 is 29.9 Å². The van der Waals surface area contributed by atoms with Crippen LogP contribution in [0.4, 0.5) is 0 Å². The number of aliphatic imine (C=N–C) groups is 1. The highest BCUT2D eigenvalue weighted by atomic mass is 127. The third-order valence-corrected chi connectivity index (χ3v) is 4.35. The molecule has 0 aromatic carbocycles. The monoisotopic (exact) mass is 442 g/mol. The Morgan fingerprint density at radius 3 is 2.67 bits per heavy atom. The average molecular weight is 442 g/mol. The Kier molecular flexibility index (Phi) is 7.61. The van der Waals surface area contributed by atoms with Gasteiger partial charge in [-0.1, -0.05) is 12.8 Å². The van der Waals surface area contributed by atoms with Crippen molar-refractivity contribution < 1.29 is 0 Å². The molecule has 132 valence electrons. The zero-order valence-corrected chi connectivity index (χ0v) is 16.5. The molecule has 0 bridgehead atoms. The predicted molar refractivity (Wildman–Crippen MR) is 108 cm³/mol. The summed E-state index contributed by atoms with van der Waals surface area (Å²) in [5.74, 6) is 0.813. The lowest BCUT2D eigenvalue weighted by atomic mass is 10.3. The highest BCUT2D eigenvalue weighted by molar-refractivity contribution is 14.0. The second-order valence-corrected chi connectivity index (χ2v) is 6.00. The number of nitrogens with zero attached hydrogens (tertiary/aromatic N) is 4. The first-order valence-electron chi connectivity index (χ1n) is 8.44. The number of hydrogen-bond donors (Lipinski definition) is 2. The molecule has 0 spiro atoms. The molecule has 0 saturated heterocycles. The molecule has 7 heteroatoms. The van der Waals surface area contributed by atoms with Crippen LogP contribution in [0.1, 0.15) is 37.4 Å². The van der Waals surface area contributed by atoms with Gasteiger partial charge >= 0.3 is 0 Å². The number of hydrogen-bond acceptors (Lipinski definition) is 2. The maximum Gasteiger partial charge on any atom is 0.191 e. The topological polar surface area (TPSA) is 59.2 Å². The van der Waals surface area contributed by atoms with E-state index in [0.717, 1.165) is 24.7 Å². The zero-order valence-electron chi connectivity index (χ0n) is 14.2. The first-order chi connectivity index (χ1) is 11.3. The van der Waals surface area contributed by atoms with Gasteiger partial charge in [-0.15, -0.1) is 24.0 Å². The van der Waals surface area contributed by atoms with Crippen molar-refractivity contribution in [3.8, 4) is 0 Å². The summed E-state index contributed by atoms with van der Waals surface area (Å²) in [7, 11) is 1.79.